The maximum Gasteiger partial charge on any atom is 0.347 e. The van der Waals surface area contributed by atoms with Gasteiger partial charge in [0.15, 0.2) is 11.5 Å². The quantitative estimate of drug-likeness (QED) is 0.144. The van der Waals surface area contributed by atoms with E-state index in [0.29, 0.717) is 28.5 Å². The third-order valence-electron chi connectivity index (χ3n) is 5.30. The summed E-state index contributed by atoms with van der Waals surface area (Å²) < 4.78 is 26.4. The van der Waals surface area contributed by atoms with Gasteiger partial charge in [0, 0.05) is 11.6 Å². The van der Waals surface area contributed by atoms with Crippen molar-refractivity contribution in [2.45, 2.75) is 6.92 Å². The van der Waals surface area contributed by atoms with E-state index in [1.165, 1.54) is 34.5 Å². The lowest BCUT2D eigenvalue weighted by atomic mass is 10.1. The van der Waals surface area contributed by atoms with Crippen molar-refractivity contribution >= 4 is 29.2 Å². The van der Waals surface area contributed by atoms with Gasteiger partial charge in [0.1, 0.15) is 22.8 Å². The zero-order chi connectivity index (χ0) is 27.7. The van der Waals surface area contributed by atoms with Crippen molar-refractivity contribution in [2.24, 2.45) is 5.10 Å². The fraction of sp³-hybridized carbons (Fsp3) is 0.185. The first-order valence-electron chi connectivity index (χ1n) is 11.2. The number of hydrogen-bond donors (Lipinski definition) is 2. The largest absolute Gasteiger partial charge is 0.497 e. The van der Waals surface area contributed by atoms with Crippen LogP contribution in [0.5, 0.6) is 28.7 Å². The molecule has 3 rings (SSSR count). The van der Waals surface area contributed by atoms with E-state index in [0.717, 1.165) is 0 Å². The second-order valence-electron chi connectivity index (χ2n) is 7.61. The van der Waals surface area contributed by atoms with E-state index < -0.39 is 17.8 Å². The third kappa shape index (κ3) is 6.58. The van der Waals surface area contributed by atoms with Crippen LogP contribution in [0.3, 0.4) is 0 Å². The Bertz CT molecular complexity index is 1370. The molecule has 0 spiro atoms. The second-order valence-corrected chi connectivity index (χ2v) is 7.61. The number of ether oxygens (including phenoxy) is 5. The summed E-state index contributed by atoms with van der Waals surface area (Å²) in [4.78, 5) is 37.3. The van der Waals surface area contributed by atoms with Gasteiger partial charge in [-0.05, 0) is 49.4 Å². The minimum atomic E-state index is -0.989. The van der Waals surface area contributed by atoms with Crippen LogP contribution in [0, 0.1) is 0 Å². The Morgan fingerprint density at radius 2 is 1.42 bits per heavy atom. The molecule has 0 aliphatic heterocycles. The molecule has 38 heavy (non-hydrogen) atoms. The van der Waals surface area contributed by atoms with Crippen molar-refractivity contribution in [1.29, 1.82) is 0 Å². The SMILES string of the molecule is COc1ccc(NC(=O)C(=O)N/N=C(\C)c2ccc(OC(=O)c3ccccc3OC)c(OC)c2)c(OC)c1. The lowest BCUT2D eigenvalue weighted by Gasteiger charge is -2.12. The molecule has 0 bridgehead atoms. The van der Waals surface area contributed by atoms with Gasteiger partial charge in [-0.25, -0.2) is 10.2 Å². The number of nitrogens with one attached hydrogen (secondary N) is 2. The van der Waals surface area contributed by atoms with E-state index in [1.54, 1.807) is 61.5 Å². The Balaban J connectivity index is 1.69. The van der Waals surface area contributed by atoms with Gasteiger partial charge in [-0.15, -0.1) is 0 Å². The summed E-state index contributed by atoms with van der Waals surface area (Å²) in [5, 5.41) is 6.45. The summed E-state index contributed by atoms with van der Waals surface area (Å²) in [6.45, 7) is 1.62. The molecule has 0 fully saturated rings. The Morgan fingerprint density at radius 1 is 0.711 bits per heavy atom. The molecule has 3 aromatic carbocycles. The van der Waals surface area contributed by atoms with Crippen molar-refractivity contribution < 1.29 is 38.1 Å². The molecule has 0 aliphatic carbocycles. The Kier molecular flexibility index (Phi) is 9.25. The van der Waals surface area contributed by atoms with Crippen molar-refractivity contribution in [3.05, 3.63) is 71.8 Å². The van der Waals surface area contributed by atoms with Crippen LogP contribution >= 0.6 is 0 Å². The molecule has 2 amide bonds. The summed E-state index contributed by atoms with van der Waals surface area (Å²) in [5.41, 5.74) is 3.68. The van der Waals surface area contributed by atoms with Gasteiger partial charge in [-0.1, -0.05) is 12.1 Å². The van der Waals surface area contributed by atoms with Crippen molar-refractivity contribution in [3.8, 4) is 28.7 Å². The molecule has 0 atom stereocenters. The normalized spacial score (nSPS) is 10.7. The topological polar surface area (TPSA) is 134 Å². The summed E-state index contributed by atoms with van der Waals surface area (Å²) >= 11 is 0. The average Bonchev–Trinajstić information content (AvgIpc) is 2.95. The smallest absolute Gasteiger partial charge is 0.347 e. The fourth-order valence-electron chi connectivity index (χ4n) is 3.28. The zero-order valence-electron chi connectivity index (χ0n) is 21.5. The maximum absolute atomic E-state index is 12.6. The van der Waals surface area contributed by atoms with E-state index in [-0.39, 0.29) is 22.7 Å². The number of para-hydroxylation sites is 1. The van der Waals surface area contributed by atoms with Crippen molar-refractivity contribution in [3.63, 3.8) is 0 Å². The van der Waals surface area contributed by atoms with Crippen LogP contribution in [-0.2, 0) is 9.59 Å². The number of anilines is 1. The van der Waals surface area contributed by atoms with Gasteiger partial charge >= 0.3 is 17.8 Å². The van der Waals surface area contributed by atoms with Crippen LogP contribution < -0.4 is 34.4 Å². The van der Waals surface area contributed by atoms with Gasteiger partial charge in [-0.3, -0.25) is 9.59 Å². The number of esters is 1. The minimum absolute atomic E-state index is 0.178. The Hall–Kier alpha value is -5.06. The van der Waals surface area contributed by atoms with E-state index in [4.69, 9.17) is 23.7 Å². The molecule has 0 radical (unpaired) electrons. The number of nitrogens with zero attached hydrogens (tertiary/aromatic N) is 1. The zero-order valence-corrected chi connectivity index (χ0v) is 21.5. The number of rotatable bonds is 9. The molecule has 2 N–H and O–H groups in total. The molecular weight excluding hydrogens is 494 g/mol. The molecule has 0 aromatic heterocycles. The highest BCUT2D eigenvalue weighted by Crippen LogP contribution is 2.31. The monoisotopic (exact) mass is 521 g/mol. The first kappa shape index (κ1) is 27.5. The number of carbonyl (C=O) groups is 3. The lowest BCUT2D eigenvalue weighted by molar-refractivity contribution is -0.136. The molecule has 3 aromatic rings. The number of hydrogen-bond acceptors (Lipinski definition) is 9. The predicted molar refractivity (Wildman–Crippen MR) is 139 cm³/mol. The molecule has 0 unspecified atom stereocenters. The highest BCUT2D eigenvalue weighted by atomic mass is 16.6. The molecule has 11 nitrogen and oxygen atoms in total. The van der Waals surface area contributed by atoms with E-state index in [2.05, 4.69) is 15.8 Å². The molecule has 0 saturated carbocycles. The van der Waals surface area contributed by atoms with Crippen LogP contribution in [0.15, 0.2) is 65.8 Å². The summed E-state index contributed by atoms with van der Waals surface area (Å²) in [6.07, 6.45) is 0. The van der Waals surface area contributed by atoms with Crippen LogP contribution in [-0.4, -0.2) is 51.9 Å². The fourth-order valence-corrected chi connectivity index (χ4v) is 3.28. The van der Waals surface area contributed by atoms with E-state index in [1.807, 2.05) is 0 Å². The van der Waals surface area contributed by atoms with Crippen LogP contribution in [0.2, 0.25) is 0 Å². The van der Waals surface area contributed by atoms with Crippen molar-refractivity contribution in [2.75, 3.05) is 33.8 Å². The first-order valence-corrected chi connectivity index (χ1v) is 11.2. The highest BCUT2D eigenvalue weighted by molar-refractivity contribution is 6.39. The lowest BCUT2D eigenvalue weighted by Crippen LogP contribution is -2.33. The molecule has 0 saturated heterocycles. The predicted octanol–water partition coefficient (Wildman–Crippen LogP) is 3.42. The third-order valence-corrected chi connectivity index (χ3v) is 5.30. The van der Waals surface area contributed by atoms with Crippen LogP contribution in [0.25, 0.3) is 0 Å². The van der Waals surface area contributed by atoms with Gasteiger partial charge in [0.05, 0.1) is 39.8 Å². The minimum Gasteiger partial charge on any atom is -0.497 e. The molecule has 198 valence electrons. The highest BCUT2D eigenvalue weighted by Gasteiger charge is 2.18. The van der Waals surface area contributed by atoms with Gasteiger partial charge < -0.3 is 29.0 Å². The first-order chi connectivity index (χ1) is 18.3. The molecular formula is C27H27N3O8. The Morgan fingerprint density at radius 3 is 2.11 bits per heavy atom. The van der Waals surface area contributed by atoms with Crippen LogP contribution in [0.4, 0.5) is 5.69 Å². The number of hydrazone groups is 1. The summed E-state index contributed by atoms with van der Waals surface area (Å²) in [5.74, 6) is -0.887. The number of carbonyl (C=O) groups excluding carboxylic acids is 3. The standard InChI is InChI=1S/C27H27N3O8/c1-16(29-30-26(32)25(31)28-20-12-11-18(34-2)15-23(20)36-4)17-10-13-22(24(14-17)37-5)38-27(33)19-8-6-7-9-21(19)35-3/h6-15H,1-5H3,(H,28,31)(H,30,32)/b29-16+. The maximum atomic E-state index is 12.6. The number of benzene rings is 3. The average molecular weight is 522 g/mol. The van der Waals surface area contributed by atoms with Gasteiger partial charge in [0.2, 0.25) is 0 Å². The van der Waals surface area contributed by atoms with Crippen molar-refractivity contribution in [1.82, 2.24) is 5.43 Å². The summed E-state index contributed by atoms with van der Waals surface area (Å²) in [6, 6.07) is 16.1. The molecule has 11 heteroatoms. The van der Waals surface area contributed by atoms with Crippen LogP contribution in [0.1, 0.15) is 22.8 Å². The second kappa shape index (κ2) is 12.8. The number of amides is 2. The van der Waals surface area contributed by atoms with Gasteiger partial charge in [0.25, 0.3) is 0 Å². The number of methoxy groups -OCH3 is 4. The Labute approximate surface area is 219 Å². The van der Waals surface area contributed by atoms with E-state index >= 15 is 0 Å². The molecule has 0 aliphatic rings. The van der Waals surface area contributed by atoms with Gasteiger partial charge in [-0.2, -0.15) is 5.10 Å². The summed E-state index contributed by atoms with van der Waals surface area (Å²) in [7, 11) is 5.81. The molecule has 0 heterocycles. The van der Waals surface area contributed by atoms with E-state index in [9.17, 15) is 14.4 Å².